The summed E-state index contributed by atoms with van der Waals surface area (Å²) in [4.78, 5) is 22.4. The molecule has 0 spiro atoms. The van der Waals surface area contributed by atoms with Crippen molar-refractivity contribution in [2.45, 2.75) is 26.0 Å². The molecule has 0 saturated carbocycles. The lowest BCUT2D eigenvalue weighted by Crippen LogP contribution is -2.37. The van der Waals surface area contributed by atoms with Crippen LogP contribution in [0.25, 0.3) is 0 Å². The molecule has 0 radical (unpaired) electrons. The molecule has 0 aliphatic rings. The van der Waals surface area contributed by atoms with Crippen LogP contribution in [0.5, 0.6) is 0 Å². The second-order valence-electron chi connectivity index (χ2n) is 3.76. The van der Waals surface area contributed by atoms with Gasteiger partial charge in [-0.3, -0.25) is 9.48 Å². The summed E-state index contributed by atoms with van der Waals surface area (Å²) in [5, 5.41) is 15.2. The summed E-state index contributed by atoms with van der Waals surface area (Å²) in [6.07, 6.45) is 2.96. The number of methoxy groups -OCH3 is 1. The molecule has 1 unspecified atom stereocenters. The molecule has 1 atom stereocenters. The molecule has 0 aliphatic carbocycles. The van der Waals surface area contributed by atoms with E-state index in [0.29, 0.717) is 5.56 Å². The minimum absolute atomic E-state index is 0.0797. The van der Waals surface area contributed by atoms with Crippen LogP contribution < -0.4 is 5.32 Å². The van der Waals surface area contributed by atoms with Crippen LogP contribution in [-0.2, 0) is 16.1 Å². The summed E-state index contributed by atoms with van der Waals surface area (Å²) < 4.78 is 6.37. The maximum absolute atomic E-state index is 11.7. The maximum Gasteiger partial charge on any atom is 0.334 e. The Hall–Kier alpha value is -1.89. The van der Waals surface area contributed by atoms with Crippen molar-refractivity contribution in [3.63, 3.8) is 0 Å². The van der Waals surface area contributed by atoms with Gasteiger partial charge in [0.15, 0.2) is 6.10 Å². The second kappa shape index (κ2) is 6.75. The number of nitrogens with one attached hydrogen (secondary N) is 1. The van der Waals surface area contributed by atoms with Gasteiger partial charge in [-0.15, -0.1) is 0 Å². The Bertz CT molecular complexity index is 416. The molecule has 0 aromatic carbocycles. The summed E-state index contributed by atoms with van der Waals surface area (Å²) in [5.41, 5.74) is 0.406. The normalized spacial score (nSPS) is 12.1. The number of amides is 1. The van der Waals surface area contributed by atoms with Crippen molar-refractivity contribution in [2.75, 3.05) is 13.7 Å². The van der Waals surface area contributed by atoms with Crippen molar-refractivity contribution in [3.05, 3.63) is 18.0 Å². The molecular weight excluding hydrogens is 238 g/mol. The Morgan fingerprint density at radius 3 is 2.89 bits per heavy atom. The highest BCUT2D eigenvalue weighted by Gasteiger charge is 2.18. The molecule has 0 aliphatic heterocycles. The van der Waals surface area contributed by atoms with E-state index in [4.69, 9.17) is 9.84 Å². The van der Waals surface area contributed by atoms with Gasteiger partial charge in [-0.05, 0) is 6.42 Å². The van der Waals surface area contributed by atoms with Gasteiger partial charge in [-0.25, -0.2) is 4.79 Å². The van der Waals surface area contributed by atoms with Crippen molar-refractivity contribution in [1.29, 1.82) is 0 Å². The number of nitrogens with zero attached hydrogens (tertiary/aromatic N) is 2. The first-order chi connectivity index (χ1) is 8.58. The smallest absolute Gasteiger partial charge is 0.334 e. The van der Waals surface area contributed by atoms with E-state index in [1.54, 1.807) is 10.9 Å². The number of hydrogen-bond donors (Lipinski definition) is 2. The number of carbonyl (C=O) groups is 2. The number of aliphatic carboxylic acids is 1. The van der Waals surface area contributed by atoms with Gasteiger partial charge in [0, 0.05) is 19.9 Å². The van der Waals surface area contributed by atoms with Crippen molar-refractivity contribution < 1.29 is 19.4 Å². The standard InChI is InChI=1S/C11H17N3O4/c1-3-4-14-7-8(5-13-14)10(15)12-6-9(18-2)11(16)17/h5,7,9H,3-4,6H2,1-2H3,(H,12,15)(H,16,17). The highest BCUT2D eigenvalue weighted by molar-refractivity contribution is 5.94. The zero-order valence-corrected chi connectivity index (χ0v) is 10.4. The molecule has 0 saturated heterocycles. The van der Waals surface area contributed by atoms with Gasteiger partial charge in [-0.2, -0.15) is 5.10 Å². The first-order valence-electron chi connectivity index (χ1n) is 5.64. The minimum Gasteiger partial charge on any atom is -0.479 e. The molecular formula is C11H17N3O4. The molecule has 1 rings (SSSR count). The molecule has 7 heteroatoms. The van der Waals surface area contributed by atoms with Crippen molar-refractivity contribution in [1.82, 2.24) is 15.1 Å². The largest absolute Gasteiger partial charge is 0.479 e. The fourth-order valence-electron chi connectivity index (χ4n) is 1.39. The fraction of sp³-hybridized carbons (Fsp3) is 0.545. The van der Waals surface area contributed by atoms with E-state index >= 15 is 0 Å². The highest BCUT2D eigenvalue weighted by atomic mass is 16.5. The predicted octanol–water partition coefficient (Wildman–Crippen LogP) is 0.122. The van der Waals surface area contributed by atoms with Crippen molar-refractivity contribution in [3.8, 4) is 0 Å². The summed E-state index contributed by atoms with van der Waals surface area (Å²) in [7, 11) is 1.28. The zero-order valence-electron chi connectivity index (χ0n) is 10.4. The van der Waals surface area contributed by atoms with Crippen LogP contribution in [0.4, 0.5) is 0 Å². The maximum atomic E-state index is 11.7. The third-order valence-electron chi connectivity index (χ3n) is 2.36. The SMILES string of the molecule is CCCn1cc(C(=O)NCC(OC)C(=O)O)cn1. The monoisotopic (exact) mass is 255 g/mol. The third kappa shape index (κ3) is 3.85. The van der Waals surface area contributed by atoms with E-state index in [1.165, 1.54) is 13.3 Å². The van der Waals surface area contributed by atoms with Crippen LogP contribution in [0.15, 0.2) is 12.4 Å². The highest BCUT2D eigenvalue weighted by Crippen LogP contribution is 1.99. The van der Waals surface area contributed by atoms with Gasteiger partial charge in [0.1, 0.15) is 0 Å². The zero-order chi connectivity index (χ0) is 13.5. The average Bonchev–Trinajstić information content (AvgIpc) is 2.78. The summed E-state index contributed by atoms with van der Waals surface area (Å²) >= 11 is 0. The minimum atomic E-state index is -1.11. The summed E-state index contributed by atoms with van der Waals surface area (Å²) in [6.45, 7) is 2.67. The number of carboxylic acid groups (broad SMARTS) is 1. The Morgan fingerprint density at radius 2 is 2.33 bits per heavy atom. The van der Waals surface area contributed by atoms with Gasteiger partial charge in [0.2, 0.25) is 0 Å². The number of carboxylic acids is 1. The van der Waals surface area contributed by atoms with E-state index in [2.05, 4.69) is 10.4 Å². The van der Waals surface area contributed by atoms with E-state index in [9.17, 15) is 9.59 Å². The van der Waals surface area contributed by atoms with Crippen LogP contribution in [0.2, 0.25) is 0 Å². The number of aromatic nitrogens is 2. The molecule has 1 amide bonds. The number of aryl methyl sites for hydroxylation is 1. The number of carbonyl (C=O) groups excluding carboxylic acids is 1. The molecule has 2 N–H and O–H groups in total. The Morgan fingerprint density at radius 1 is 1.61 bits per heavy atom. The molecule has 100 valence electrons. The second-order valence-corrected chi connectivity index (χ2v) is 3.76. The van der Waals surface area contributed by atoms with Gasteiger partial charge >= 0.3 is 5.97 Å². The van der Waals surface area contributed by atoms with Gasteiger partial charge in [0.25, 0.3) is 5.91 Å². The van der Waals surface area contributed by atoms with Crippen LogP contribution in [0.1, 0.15) is 23.7 Å². The van der Waals surface area contributed by atoms with Gasteiger partial charge in [-0.1, -0.05) is 6.92 Å². The number of rotatable bonds is 7. The van der Waals surface area contributed by atoms with Crippen LogP contribution >= 0.6 is 0 Å². The molecule has 1 heterocycles. The third-order valence-corrected chi connectivity index (χ3v) is 2.36. The van der Waals surface area contributed by atoms with Crippen LogP contribution in [-0.4, -0.2) is 46.5 Å². The van der Waals surface area contributed by atoms with Gasteiger partial charge < -0.3 is 15.2 Å². The van der Waals surface area contributed by atoms with Crippen LogP contribution in [0.3, 0.4) is 0 Å². The van der Waals surface area contributed by atoms with E-state index in [0.717, 1.165) is 13.0 Å². The lowest BCUT2D eigenvalue weighted by atomic mass is 10.3. The quantitative estimate of drug-likeness (QED) is 0.722. The predicted molar refractivity (Wildman–Crippen MR) is 63.3 cm³/mol. The average molecular weight is 255 g/mol. The number of hydrogen-bond acceptors (Lipinski definition) is 4. The Labute approximate surface area is 105 Å². The van der Waals surface area contributed by atoms with Crippen molar-refractivity contribution in [2.24, 2.45) is 0 Å². The van der Waals surface area contributed by atoms with Crippen molar-refractivity contribution >= 4 is 11.9 Å². The molecule has 7 nitrogen and oxygen atoms in total. The lowest BCUT2D eigenvalue weighted by molar-refractivity contribution is -0.148. The first-order valence-corrected chi connectivity index (χ1v) is 5.64. The van der Waals surface area contributed by atoms with E-state index < -0.39 is 12.1 Å². The Kier molecular flexibility index (Phi) is 5.31. The topological polar surface area (TPSA) is 93.5 Å². The molecule has 1 aromatic rings. The number of ether oxygens (including phenoxy) is 1. The molecule has 0 bridgehead atoms. The molecule has 18 heavy (non-hydrogen) atoms. The fourth-order valence-corrected chi connectivity index (χ4v) is 1.39. The Balaban J connectivity index is 2.51. The van der Waals surface area contributed by atoms with E-state index in [1.807, 2.05) is 6.92 Å². The van der Waals surface area contributed by atoms with Gasteiger partial charge in [0.05, 0.1) is 18.3 Å². The van der Waals surface area contributed by atoms with Crippen LogP contribution in [0, 0.1) is 0 Å². The van der Waals surface area contributed by atoms with E-state index in [-0.39, 0.29) is 12.5 Å². The molecule has 0 fully saturated rings. The summed E-state index contributed by atoms with van der Waals surface area (Å²) in [5.74, 6) is -1.47. The summed E-state index contributed by atoms with van der Waals surface area (Å²) in [6, 6.07) is 0. The molecule has 1 aromatic heterocycles. The lowest BCUT2D eigenvalue weighted by Gasteiger charge is -2.10. The first kappa shape index (κ1) is 14.2.